The minimum absolute atomic E-state index is 0.108. The monoisotopic (exact) mass is 474 g/mol. The van der Waals surface area contributed by atoms with Crippen LogP contribution in [0, 0.1) is 11.8 Å². The van der Waals surface area contributed by atoms with Crippen molar-refractivity contribution in [1.29, 1.82) is 0 Å². The van der Waals surface area contributed by atoms with E-state index < -0.39 is 18.2 Å². The molecule has 0 aromatic heterocycles. The average molecular weight is 475 g/mol. The molecule has 3 N–H and O–H groups in total. The third-order valence-electron chi connectivity index (χ3n) is 6.42. The molecule has 1 saturated heterocycles. The molecule has 1 unspecified atom stereocenters. The van der Waals surface area contributed by atoms with E-state index in [0.717, 1.165) is 25.0 Å². The molecule has 7 nitrogen and oxygen atoms in total. The van der Waals surface area contributed by atoms with Crippen LogP contribution in [-0.4, -0.2) is 59.1 Å². The quantitative estimate of drug-likeness (QED) is 0.292. The Bertz CT molecular complexity index is 772. The fourth-order valence-electron chi connectivity index (χ4n) is 4.55. The van der Waals surface area contributed by atoms with Crippen LogP contribution in [0.4, 0.5) is 0 Å². The van der Waals surface area contributed by atoms with E-state index in [0.29, 0.717) is 38.9 Å². The van der Waals surface area contributed by atoms with Gasteiger partial charge in [0.25, 0.3) is 0 Å². The maximum Gasteiger partial charge on any atom is 0.303 e. The maximum atomic E-state index is 10.6. The summed E-state index contributed by atoms with van der Waals surface area (Å²) in [7, 11) is 0. The van der Waals surface area contributed by atoms with Crippen LogP contribution in [0.5, 0.6) is 5.75 Å². The van der Waals surface area contributed by atoms with Crippen LogP contribution in [-0.2, 0) is 14.3 Å². The van der Waals surface area contributed by atoms with Crippen molar-refractivity contribution >= 4 is 5.97 Å². The van der Waals surface area contributed by atoms with E-state index in [4.69, 9.17) is 19.3 Å². The molecule has 1 aliphatic carbocycles. The van der Waals surface area contributed by atoms with Crippen LogP contribution in [0.1, 0.15) is 51.4 Å². The van der Waals surface area contributed by atoms with Crippen LogP contribution in [0.15, 0.2) is 54.6 Å². The number of ether oxygens (including phenoxy) is 3. The molecule has 2 fully saturated rings. The first-order valence-corrected chi connectivity index (χ1v) is 12.4. The lowest BCUT2D eigenvalue weighted by atomic mass is 9.89. The van der Waals surface area contributed by atoms with Crippen LogP contribution in [0.3, 0.4) is 0 Å². The molecule has 0 amide bonds. The topological polar surface area (TPSA) is 105 Å². The smallest absolute Gasteiger partial charge is 0.303 e. The summed E-state index contributed by atoms with van der Waals surface area (Å²) in [6.07, 6.45) is 11.3. The Morgan fingerprint density at radius 1 is 1.15 bits per heavy atom. The molecular weight excluding hydrogens is 436 g/mol. The molecule has 0 bridgehead atoms. The number of para-hydroxylation sites is 1. The summed E-state index contributed by atoms with van der Waals surface area (Å²) in [6.45, 7) is 1.01. The van der Waals surface area contributed by atoms with Crippen molar-refractivity contribution in [2.75, 3.05) is 13.2 Å². The minimum Gasteiger partial charge on any atom is -0.491 e. The normalized spacial score (nSPS) is 28.5. The zero-order valence-electron chi connectivity index (χ0n) is 19.7. The highest BCUT2D eigenvalue weighted by Crippen LogP contribution is 2.36. The zero-order chi connectivity index (χ0) is 24.2. The van der Waals surface area contributed by atoms with Gasteiger partial charge in [0, 0.05) is 25.4 Å². The average Bonchev–Trinajstić information content (AvgIpc) is 3.11. The summed E-state index contributed by atoms with van der Waals surface area (Å²) in [5.41, 5.74) is 0. The Morgan fingerprint density at radius 3 is 2.71 bits per heavy atom. The molecular formula is C27H38O7. The third kappa shape index (κ3) is 8.87. The van der Waals surface area contributed by atoms with E-state index >= 15 is 0 Å². The number of hydrogen-bond donors (Lipinski definition) is 3. The minimum atomic E-state index is -0.792. The van der Waals surface area contributed by atoms with Gasteiger partial charge in [0.15, 0.2) is 6.29 Å². The van der Waals surface area contributed by atoms with Gasteiger partial charge in [-0.1, -0.05) is 42.5 Å². The summed E-state index contributed by atoms with van der Waals surface area (Å²) in [4.78, 5) is 10.6. The number of aliphatic hydroxyl groups is 2. The lowest BCUT2D eigenvalue weighted by Crippen LogP contribution is -2.31. The van der Waals surface area contributed by atoms with Gasteiger partial charge in [0.2, 0.25) is 0 Å². The van der Waals surface area contributed by atoms with Crippen molar-refractivity contribution in [2.24, 2.45) is 11.8 Å². The number of benzene rings is 1. The van der Waals surface area contributed by atoms with E-state index in [1.165, 1.54) is 0 Å². The lowest BCUT2D eigenvalue weighted by molar-refractivity contribution is -0.182. The zero-order valence-corrected chi connectivity index (χ0v) is 19.7. The Labute approximate surface area is 202 Å². The fraction of sp³-hybridized carbons (Fsp3) is 0.593. The molecule has 0 spiro atoms. The molecule has 7 heteroatoms. The molecule has 1 aliphatic heterocycles. The summed E-state index contributed by atoms with van der Waals surface area (Å²) >= 11 is 0. The Hall–Kier alpha value is -2.19. The molecule has 34 heavy (non-hydrogen) atoms. The Morgan fingerprint density at radius 2 is 1.97 bits per heavy atom. The summed E-state index contributed by atoms with van der Waals surface area (Å²) in [5.74, 6) is -0.340. The third-order valence-corrected chi connectivity index (χ3v) is 6.42. The van der Waals surface area contributed by atoms with Crippen LogP contribution >= 0.6 is 0 Å². The summed E-state index contributed by atoms with van der Waals surface area (Å²) in [5, 5.41) is 29.8. The van der Waals surface area contributed by atoms with Gasteiger partial charge in [-0.2, -0.15) is 0 Å². The highest BCUT2D eigenvalue weighted by Gasteiger charge is 2.39. The van der Waals surface area contributed by atoms with Crippen molar-refractivity contribution in [3.8, 4) is 5.75 Å². The Kier molecular flexibility index (Phi) is 11.1. The Balaban J connectivity index is 1.60. The number of hydrogen-bond acceptors (Lipinski definition) is 6. The molecule has 0 radical (unpaired) electrons. The summed E-state index contributed by atoms with van der Waals surface area (Å²) in [6, 6.07) is 9.56. The van der Waals surface area contributed by atoms with Crippen molar-refractivity contribution in [3.63, 3.8) is 0 Å². The van der Waals surface area contributed by atoms with Gasteiger partial charge in [0.05, 0.1) is 12.2 Å². The molecule has 1 aromatic rings. The van der Waals surface area contributed by atoms with Gasteiger partial charge < -0.3 is 29.5 Å². The van der Waals surface area contributed by atoms with Crippen molar-refractivity contribution in [1.82, 2.24) is 0 Å². The second kappa shape index (κ2) is 14.3. The molecule has 1 aromatic carbocycles. The van der Waals surface area contributed by atoms with E-state index in [9.17, 15) is 15.0 Å². The number of unbranched alkanes of at least 4 members (excludes halogenated alkanes) is 1. The van der Waals surface area contributed by atoms with Crippen molar-refractivity contribution in [3.05, 3.63) is 54.6 Å². The van der Waals surface area contributed by atoms with E-state index in [-0.39, 0.29) is 30.7 Å². The number of carboxylic acids is 1. The number of aliphatic carboxylic acids is 1. The van der Waals surface area contributed by atoms with Crippen LogP contribution in [0.2, 0.25) is 0 Å². The number of allylic oxidation sites excluding steroid dienone is 2. The predicted octanol–water partition coefficient (Wildman–Crippen LogP) is 4.09. The molecule has 1 heterocycles. The first kappa shape index (κ1) is 26.4. The van der Waals surface area contributed by atoms with E-state index in [1.54, 1.807) is 0 Å². The molecule has 188 valence electrons. The van der Waals surface area contributed by atoms with E-state index in [1.807, 2.05) is 54.6 Å². The maximum absolute atomic E-state index is 10.6. The molecule has 6 atom stereocenters. The first-order valence-electron chi connectivity index (χ1n) is 12.4. The molecule has 3 rings (SSSR count). The molecule has 1 saturated carbocycles. The second-order valence-corrected chi connectivity index (χ2v) is 9.08. The van der Waals surface area contributed by atoms with Gasteiger partial charge in [-0.15, -0.1) is 0 Å². The van der Waals surface area contributed by atoms with E-state index in [2.05, 4.69) is 0 Å². The molecule has 2 aliphatic rings. The number of aliphatic hydroxyl groups excluding tert-OH is 2. The summed E-state index contributed by atoms with van der Waals surface area (Å²) < 4.78 is 17.8. The number of carbonyl (C=O) groups is 1. The van der Waals surface area contributed by atoms with Crippen molar-refractivity contribution < 1.29 is 34.3 Å². The van der Waals surface area contributed by atoms with Gasteiger partial charge >= 0.3 is 5.97 Å². The van der Waals surface area contributed by atoms with Gasteiger partial charge in [0.1, 0.15) is 18.5 Å². The van der Waals surface area contributed by atoms with Gasteiger partial charge in [-0.05, 0) is 56.6 Å². The SMILES string of the molecule is O=C(O)CCCC=CC[C@@H]1[C@@H](C=C[C@@H](COc2ccccc2)OC2CCCCO2)[C@H](O)C[C@@H]1O. The highest BCUT2D eigenvalue weighted by atomic mass is 16.7. The lowest BCUT2D eigenvalue weighted by Gasteiger charge is -2.27. The number of rotatable bonds is 13. The largest absolute Gasteiger partial charge is 0.491 e. The predicted molar refractivity (Wildman–Crippen MR) is 128 cm³/mol. The van der Waals surface area contributed by atoms with Gasteiger partial charge in [-0.25, -0.2) is 0 Å². The fourth-order valence-corrected chi connectivity index (χ4v) is 4.55. The first-order chi connectivity index (χ1) is 16.5. The van der Waals surface area contributed by atoms with Crippen LogP contribution in [0.25, 0.3) is 0 Å². The standard InChI is InChI=1S/C27H38O7/c28-24-18-25(29)23(22(24)12-6-1-2-7-13-26(30)31)16-15-21(34-27-14-8-9-17-32-27)19-33-20-10-4-3-5-11-20/h1,3-6,10-11,15-16,21-25,27-29H,2,7-9,12-14,17-19H2,(H,30,31)/t21-,22+,23+,24-,25+,27?/m0/s1. The van der Waals surface area contributed by atoms with Crippen molar-refractivity contribution in [2.45, 2.75) is 76.0 Å². The van der Waals surface area contributed by atoms with Crippen LogP contribution < -0.4 is 4.74 Å². The number of carboxylic acid groups (broad SMARTS) is 1. The highest BCUT2D eigenvalue weighted by molar-refractivity contribution is 5.66. The second-order valence-electron chi connectivity index (χ2n) is 9.08. The van der Waals surface area contributed by atoms with Gasteiger partial charge in [-0.3, -0.25) is 4.79 Å².